The Bertz CT molecular complexity index is 2060. The number of fused-ring (bicyclic) bond motifs is 3. The fourth-order valence-corrected chi connectivity index (χ4v) is 6.87. The molecule has 0 radical (unpaired) electrons. The number of terminal acetylenes is 2. The van der Waals surface area contributed by atoms with Crippen LogP contribution in [0.5, 0.6) is 11.5 Å². The lowest BCUT2D eigenvalue weighted by atomic mass is 9.66. The number of hydrogen-bond donors (Lipinski definition) is 4. The van der Waals surface area contributed by atoms with Crippen LogP contribution >= 0.6 is 0 Å². The van der Waals surface area contributed by atoms with Crippen LogP contribution in [0.15, 0.2) is 121 Å². The van der Waals surface area contributed by atoms with Gasteiger partial charge in [0.05, 0.1) is 16.8 Å². The summed E-state index contributed by atoms with van der Waals surface area (Å²) in [5.74, 6) is 5.73. The Hall–Kier alpha value is -6.36. The van der Waals surface area contributed by atoms with Crippen molar-refractivity contribution in [2.24, 2.45) is 0 Å². The standard InChI is InChI=1S/C41H28N2O2/c1-3-25-17-11-19-33-37(25)38-26(4-2)18-12-20-34(38)41(33,29-21-31(39(44)35(42)23-29)27-13-7-5-8-14-27)30-22-32(40(45)36(43)24-30)28-15-9-6-10-16-28/h1-2,5-24,44-45H,42-43H2. The van der Waals surface area contributed by atoms with Crippen molar-refractivity contribution in [3.05, 3.63) is 155 Å². The average Bonchev–Trinajstić information content (AvgIpc) is 3.39. The molecule has 1 aliphatic rings. The van der Waals surface area contributed by atoms with Crippen molar-refractivity contribution in [1.29, 1.82) is 0 Å². The number of nitrogen functional groups attached to an aromatic ring is 2. The quantitative estimate of drug-likeness (QED) is 0.0967. The van der Waals surface area contributed by atoms with Gasteiger partial charge in [0.25, 0.3) is 0 Å². The van der Waals surface area contributed by atoms with E-state index in [-0.39, 0.29) is 22.9 Å². The van der Waals surface area contributed by atoms with E-state index in [2.05, 4.69) is 11.8 Å². The molecule has 0 bridgehead atoms. The maximum Gasteiger partial charge on any atom is 0.146 e. The molecule has 0 atom stereocenters. The molecule has 6 N–H and O–H groups in total. The van der Waals surface area contributed by atoms with Gasteiger partial charge in [-0.1, -0.05) is 96.8 Å². The minimum absolute atomic E-state index is 0.0107. The fourth-order valence-electron chi connectivity index (χ4n) is 6.87. The molecule has 0 heterocycles. The summed E-state index contributed by atoms with van der Waals surface area (Å²) in [6, 6.07) is 38.6. The van der Waals surface area contributed by atoms with Crippen LogP contribution in [-0.4, -0.2) is 10.2 Å². The summed E-state index contributed by atoms with van der Waals surface area (Å²) >= 11 is 0. The lowest BCUT2D eigenvalue weighted by molar-refractivity contribution is 0.479. The lowest BCUT2D eigenvalue weighted by Crippen LogP contribution is -2.29. The van der Waals surface area contributed by atoms with Crippen molar-refractivity contribution < 1.29 is 10.2 Å². The van der Waals surface area contributed by atoms with Crippen molar-refractivity contribution in [2.75, 3.05) is 11.5 Å². The molecule has 6 aromatic rings. The molecule has 4 heteroatoms. The minimum Gasteiger partial charge on any atom is -0.505 e. The number of phenolic OH excluding ortho intramolecular Hbond substituents is 2. The van der Waals surface area contributed by atoms with Crippen LogP contribution in [0.25, 0.3) is 33.4 Å². The van der Waals surface area contributed by atoms with Gasteiger partial charge in [-0.25, -0.2) is 0 Å². The zero-order valence-corrected chi connectivity index (χ0v) is 24.3. The summed E-state index contributed by atoms with van der Waals surface area (Å²) in [6.45, 7) is 0. The molecule has 0 aliphatic heterocycles. The first-order valence-electron chi connectivity index (χ1n) is 14.5. The van der Waals surface area contributed by atoms with Crippen LogP contribution in [0.1, 0.15) is 33.4 Å². The summed E-state index contributed by atoms with van der Waals surface area (Å²) in [6.07, 6.45) is 12.2. The molecule has 0 aromatic heterocycles. The van der Waals surface area contributed by atoms with Crippen LogP contribution in [0.2, 0.25) is 0 Å². The smallest absolute Gasteiger partial charge is 0.146 e. The topological polar surface area (TPSA) is 92.5 Å². The van der Waals surface area contributed by atoms with E-state index < -0.39 is 5.41 Å². The van der Waals surface area contributed by atoms with Gasteiger partial charge in [-0.05, 0) is 69.8 Å². The molecule has 0 fully saturated rings. The molecule has 4 nitrogen and oxygen atoms in total. The highest BCUT2D eigenvalue weighted by Crippen LogP contribution is 2.60. The van der Waals surface area contributed by atoms with Crippen LogP contribution in [0, 0.1) is 24.7 Å². The van der Waals surface area contributed by atoms with Gasteiger partial charge >= 0.3 is 0 Å². The second-order valence-electron chi connectivity index (χ2n) is 11.2. The lowest BCUT2D eigenvalue weighted by Gasteiger charge is -2.35. The fraction of sp³-hybridized carbons (Fsp3) is 0.0244. The molecule has 214 valence electrons. The van der Waals surface area contributed by atoms with Gasteiger partial charge in [-0.3, -0.25) is 0 Å². The van der Waals surface area contributed by atoms with Crippen molar-refractivity contribution in [2.45, 2.75) is 5.41 Å². The van der Waals surface area contributed by atoms with E-state index in [1.807, 2.05) is 109 Å². The molecule has 0 unspecified atom stereocenters. The van der Waals surface area contributed by atoms with Gasteiger partial charge in [0.2, 0.25) is 0 Å². The van der Waals surface area contributed by atoms with E-state index >= 15 is 0 Å². The van der Waals surface area contributed by atoms with Crippen molar-refractivity contribution in [3.8, 4) is 69.6 Å². The number of hydrogen-bond acceptors (Lipinski definition) is 4. The van der Waals surface area contributed by atoms with E-state index in [1.54, 1.807) is 12.1 Å². The normalized spacial score (nSPS) is 12.5. The third-order valence-corrected chi connectivity index (χ3v) is 8.81. The van der Waals surface area contributed by atoms with Gasteiger partial charge in [0.1, 0.15) is 11.5 Å². The molecule has 0 amide bonds. The predicted molar refractivity (Wildman–Crippen MR) is 183 cm³/mol. The van der Waals surface area contributed by atoms with Crippen molar-refractivity contribution in [1.82, 2.24) is 0 Å². The monoisotopic (exact) mass is 580 g/mol. The average molecular weight is 581 g/mol. The Morgan fingerprint density at radius 3 is 1.29 bits per heavy atom. The largest absolute Gasteiger partial charge is 0.505 e. The molecule has 0 saturated carbocycles. The Kier molecular flexibility index (Phi) is 6.36. The van der Waals surface area contributed by atoms with E-state index in [4.69, 9.17) is 24.3 Å². The highest BCUT2D eigenvalue weighted by Gasteiger charge is 2.48. The van der Waals surface area contributed by atoms with E-state index in [0.29, 0.717) is 22.3 Å². The summed E-state index contributed by atoms with van der Waals surface area (Å²) in [5.41, 5.74) is 21.8. The summed E-state index contributed by atoms with van der Waals surface area (Å²) in [4.78, 5) is 0. The second kappa shape index (κ2) is 10.4. The van der Waals surface area contributed by atoms with Crippen molar-refractivity contribution >= 4 is 11.4 Å². The van der Waals surface area contributed by atoms with E-state index in [1.165, 1.54) is 0 Å². The third-order valence-electron chi connectivity index (χ3n) is 8.81. The Balaban J connectivity index is 1.70. The SMILES string of the molecule is C#Cc1cccc2c1-c1c(C#C)cccc1C2(c1cc(N)c(O)c(-c2ccccc2)c1)c1cc(N)c(O)c(-c2ccccc2)c1. The maximum absolute atomic E-state index is 11.3. The highest BCUT2D eigenvalue weighted by molar-refractivity contribution is 5.94. The Morgan fingerprint density at radius 2 is 0.911 bits per heavy atom. The van der Waals surface area contributed by atoms with Crippen LogP contribution < -0.4 is 11.5 Å². The number of benzene rings is 6. The Morgan fingerprint density at radius 1 is 0.511 bits per heavy atom. The molecule has 6 aromatic carbocycles. The number of rotatable bonds is 4. The first-order valence-corrected chi connectivity index (χ1v) is 14.5. The van der Waals surface area contributed by atoms with Gasteiger partial charge in [-0.15, -0.1) is 12.8 Å². The molecule has 45 heavy (non-hydrogen) atoms. The summed E-state index contributed by atoms with van der Waals surface area (Å²) in [7, 11) is 0. The minimum atomic E-state index is -1.04. The van der Waals surface area contributed by atoms with Crippen LogP contribution in [-0.2, 0) is 5.41 Å². The van der Waals surface area contributed by atoms with E-state index in [9.17, 15) is 10.2 Å². The first-order chi connectivity index (χ1) is 21.9. The number of aromatic hydroxyl groups is 2. The van der Waals surface area contributed by atoms with Gasteiger partial charge in [0.15, 0.2) is 0 Å². The van der Waals surface area contributed by atoms with Gasteiger partial charge in [-0.2, -0.15) is 0 Å². The Labute approximate surface area is 262 Å². The zero-order chi connectivity index (χ0) is 31.3. The third kappa shape index (κ3) is 3.98. The zero-order valence-electron chi connectivity index (χ0n) is 24.3. The number of nitrogens with two attached hydrogens (primary N) is 2. The number of phenols is 2. The van der Waals surface area contributed by atoms with E-state index in [0.717, 1.165) is 44.5 Å². The molecule has 0 saturated heterocycles. The molecule has 0 spiro atoms. The second-order valence-corrected chi connectivity index (χ2v) is 11.2. The summed E-state index contributed by atoms with van der Waals surface area (Å²) in [5, 5.41) is 22.5. The molecular formula is C41H28N2O2. The van der Waals surface area contributed by atoms with Crippen LogP contribution in [0.4, 0.5) is 11.4 Å². The van der Waals surface area contributed by atoms with Crippen molar-refractivity contribution in [3.63, 3.8) is 0 Å². The van der Waals surface area contributed by atoms with Gasteiger partial charge < -0.3 is 21.7 Å². The summed E-state index contributed by atoms with van der Waals surface area (Å²) < 4.78 is 0. The highest BCUT2D eigenvalue weighted by atomic mass is 16.3. The number of anilines is 2. The molecular weight excluding hydrogens is 552 g/mol. The maximum atomic E-state index is 11.3. The van der Waals surface area contributed by atoms with Gasteiger partial charge in [0, 0.05) is 33.4 Å². The molecule has 1 aliphatic carbocycles. The first kappa shape index (κ1) is 27.5. The predicted octanol–water partition coefficient (Wildman–Crippen LogP) is 7.92. The van der Waals surface area contributed by atoms with Crippen LogP contribution in [0.3, 0.4) is 0 Å². The molecule has 7 rings (SSSR count).